The fraction of sp³-hybridized carbons (Fsp3) is 0.231. The van der Waals surface area contributed by atoms with Gasteiger partial charge in [0.25, 0.3) is 0 Å². The molecule has 0 bridgehead atoms. The van der Waals surface area contributed by atoms with Crippen molar-refractivity contribution in [3.8, 4) is 0 Å². The zero-order chi connectivity index (χ0) is 27.2. The summed E-state index contributed by atoms with van der Waals surface area (Å²) in [6.07, 6.45) is -4.59. The van der Waals surface area contributed by atoms with E-state index < -0.39 is 23.8 Å². The molecule has 3 rings (SSSR count). The summed E-state index contributed by atoms with van der Waals surface area (Å²) in [5.41, 5.74) is 1.09. The number of amides is 4. The molecule has 37 heavy (non-hydrogen) atoms. The first-order valence-corrected chi connectivity index (χ1v) is 12.1. The van der Waals surface area contributed by atoms with Gasteiger partial charge < -0.3 is 16.0 Å². The summed E-state index contributed by atoms with van der Waals surface area (Å²) in [5, 5.41) is 8.38. The lowest BCUT2D eigenvalue weighted by atomic mass is 10.0. The Balaban J connectivity index is 1.72. The van der Waals surface area contributed by atoms with Crippen LogP contribution in [0.5, 0.6) is 0 Å². The van der Waals surface area contributed by atoms with Crippen LogP contribution in [-0.2, 0) is 6.18 Å². The molecule has 0 radical (unpaired) electrons. The number of rotatable bonds is 7. The minimum atomic E-state index is -4.59. The van der Waals surface area contributed by atoms with Crippen molar-refractivity contribution < 1.29 is 22.8 Å². The number of carbonyl (C=O) groups excluding carboxylic acids is 2. The first-order chi connectivity index (χ1) is 17.4. The third kappa shape index (κ3) is 8.03. The summed E-state index contributed by atoms with van der Waals surface area (Å²) in [5.74, 6) is 0.347. The van der Waals surface area contributed by atoms with E-state index in [4.69, 9.17) is 23.2 Å². The lowest BCUT2D eigenvalue weighted by Gasteiger charge is -2.24. The third-order valence-corrected chi connectivity index (χ3v) is 6.10. The van der Waals surface area contributed by atoms with Crippen LogP contribution in [-0.4, -0.2) is 25.2 Å². The van der Waals surface area contributed by atoms with Crippen LogP contribution in [0.25, 0.3) is 0 Å². The lowest BCUT2D eigenvalue weighted by Crippen LogP contribution is -2.42. The smallest absolute Gasteiger partial charge is 0.336 e. The highest BCUT2D eigenvalue weighted by molar-refractivity contribution is 6.42. The van der Waals surface area contributed by atoms with Gasteiger partial charge in [-0.25, -0.2) is 9.59 Å². The zero-order valence-corrected chi connectivity index (χ0v) is 21.5. The molecule has 0 aliphatic rings. The molecule has 0 heterocycles. The standard InChI is InChI=1S/C26H25Cl2F3N4O2/c1-16(2)17-6-8-19(9-7-17)33-24(36)32-12-13-35(21-5-3-4-18(14-21)26(29,30)31)25(37)34-20-10-11-22(27)23(28)15-20/h3-11,14-16H,12-13H2,1-2H3,(H,34,37)(H2,32,33,36). The van der Waals surface area contributed by atoms with Gasteiger partial charge in [-0.15, -0.1) is 0 Å². The molecule has 6 nitrogen and oxygen atoms in total. The number of urea groups is 2. The zero-order valence-electron chi connectivity index (χ0n) is 20.0. The normalized spacial score (nSPS) is 11.2. The van der Waals surface area contributed by atoms with Crippen molar-refractivity contribution in [1.29, 1.82) is 0 Å². The number of hydrogen-bond acceptors (Lipinski definition) is 2. The Bertz CT molecular complexity index is 1250. The molecular weight excluding hydrogens is 528 g/mol. The van der Waals surface area contributed by atoms with E-state index in [-0.39, 0.29) is 28.8 Å². The molecule has 4 amide bonds. The maximum Gasteiger partial charge on any atom is 0.416 e. The SMILES string of the molecule is CC(C)c1ccc(NC(=O)NCCN(C(=O)Nc2ccc(Cl)c(Cl)c2)c2cccc(C(F)(F)F)c2)cc1. The van der Waals surface area contributed by atoms with Crippen LogP contribution >= 0.6 is 23.2 Å². The van der Waals surface area contributed by atoms with E-state index in [1.165, 1.54) is 30.3 Å². The van der Waals surface area contributed by atoms with E-state index in [9.17, 15) is 22.8 Å². The van der Waals surface area contributed by atoms with Gasteiger partial charge in [0.2, 0.25) is 0 Å². The van der Waals surface area contributed by atoms with Gasteiger partial charge in [-0.1, -0.05) is 55.2 Å². The van der Waals surface area contributed by atoms with E-state index in [0.717, 1.165) is 22.6 Å². The second kappa shape index (κ2) is 12.2. The number of anilines is 3. The van der Waals surface area contributed by atoms with Gasteiger partial charge in [0.15, 0.2) is 0 Å². The second-order valence-electron chi connectivity index (χ2n) is 8.42. The summed E-state index contributed by atoms with van der Waals surface area (Å²) in [7, 11) is 0. The van der Waals surface area contributed by atoms with Crippen LogP contribution in [0.4, 0.5) is 39.8 Å². The summed E-state index contributed by atoms with van der Waals surface area (Å²) < 4.78 is 39.9. The fourth-order valence-corrected chi connectivity index (χ4v) is 3.67. The number of carbonyl (C=O) groups is 2. The van der Waals surface area contributed by atoms with Gasteiger partial charge in [-0.2, -0.15) is 13.2 Å². The minimum absolute atomic E-state index is 0.00105. The Kier molecular flexibility index (Phi) is 9.29. The molecule has 0 aliphatic carbocycles. The van der Waals surface area contributed by atoms with E-state index in [1.54, 1.807) is 12.1 Å². The summed E-state index contributed by atoms with van der Waals surface area (Å²) in [4.78, 5) is 26.5. The van der Waals surface area contributed by atoms with Crippen molar-refractivity contribution in [2.24, 2.45) is 0 Å². The first-order valence-electron chi connectivity index (χ1n) is 11.3. The van der Waals surface area contributed by atoms with Gasteiger partial charge in [-0.3, -0.25) is 4.90 Å². The van der Waals surface area contributed by atoms with Crippen molar-refractivity contribution in [2.45, 2.75) is 25.9 Å². The van der Waals surface area contributed by atoms with Crippen molar-refractivity contribution in [3.63, 3.8) is 0 Å². The molecule has 0 saturated carbocycles. The van der Waals surface area contributed by atoms with E-state index >= 15 is 0 Å². The molecule has 11 heteroatoms. The summed E-state index contributed by atoms with van der Waals surface area (Å²) in [6.45, 7) is 3.96. The topological polar surface area (TPSA) is 73.5 Å². The van der Waals surface area contributed by atoms with Gasteiger partial charge in [0, 0.05) is 30.2 Å². The van der Waals surface area contributed by atoms with Gasteiger partial charge >= 0.3 is 18.2 Å². The third-order valence-electron chi connectivity index (χ3n) is 5.36. The summed E-state index contributed by atoms with van der Waals surface area (Å²) >= 11 is 11.9. The number of nitrogens with one attached hydrogen (secondary N) is 3. The number of alkyl halides is 3. The molecule has 3 N–H and O–H groups in total. The van der Waals surface area contributed by atoms with Crippen molar-refractivity contribution in [2.75, 3.05) is 28.6 Å². The second-order valence-corrected chi connectivity index (χ2v) is 9.23. The minimum Gasteiger partial charge on any atom is -0.336 e. The van der Waals surface area contributed by atoms with E-state index in [2.05, 4.69) is 29.8 Å². The number of halogens is 5. The maximum atomic E-state index is 13.3. The predicted octanol–water partition coefficient (Wildman–Crippen LogP) is 8.00. The van der Waals surface area contributed by atoms with Crippen LogP contribution in [0.2, 0.25) is 10.0 Å². The van der Waals surface area contributed by atoms with Crippen LogP contribution in [0, 0.1) is 0 Å². The molecule has 0 spiro atoms. The van der Waals surface area contributed by atoms with Crippen LogP contribution < -0.4 is 20.9 Å². The Labute approximate surface area is 222 Å². The molecule has 0 atom stereocenters. The molecule has 3 aromatic rings. The molecular formula is C26H25Cl2F3N4O2. The summed E-state index contributed by atoms with van der Waals surface area (Å²) in [6, 6.07) is 14.9. The van der Waals surface area contributed by atoms with Crippen molar-refractivity contribution >= 4 is 52.3 Å². The average molecular weight is 553 g/mol. The molecule has 196 valence electrons. The molecule has 0 fully saturated rings. The quantitative estimate of drug-likeness (QED) is 0.278. The van der Waals surface area contributed by atoms with E-state index in [1.807, 2.05) is 12.1 Å². The monoisotopic (exact) mass is 552 g/mol. The van der Waals surface area contributed by atoms with Crippen LogP contribution in [0.15, 0.2) is 66.7 Å². The van der Waals surface area contributed by atoms with E-state index in [0.29, 0.717) is 17.3 Å². The number of hydrogen-bond donors (Lipinski definition) is 3. The Morgan fingerprint density at radius 2 is 1.57 bits per heavy atom. The highest BCUT2D eigenvalue weighted by Crippen LogP contribution is 2.32. The average Bonchev–Trinajstić information content (AvgIpc) is 2.84. The Morgan fingerprint density at radius 3 is 2.19 bits per heavy atom. The van der Waals surface area contributed by atoms with Crippen LogP contribution in [0.3, 0.4) is 0 Å². The van der Waals surface area contributed by atoms with Crippen molar-refractivity contribution in [1.82, 2.24) is 5.32 Å². The Hall–Kier alpha value is -3.43. The van der Waals surface area contributed by atoms with Gasteiger partial charge in [0.05, 0.1) is 15.6 Å². The first kappa shape index (κ1) is 28.1. The van der Waals surface area contributed by atoms with Crippen molar-refractivity contribution in [3.05, 3.63) is 87.9 Å². The Morgan fingerprint density at radius 1 is 0.892 bits per heavy atom. The molecule has 3 aromatic carbocycles. The largest absolute Gasteiger partial charge is 0.416 e. The lowest BCUT2D eigenvalue weighted by molar-refractivity contribution is -0.137. The predicted molar refractivity (Wildman–Crippen MR) is 142 cm³/mol. The molecule has 0 aromatic heterocycles. The number of benzene rings is 3. The highest BCUT2D eigenvalue weighted by atomic mass is 35.5. The molecule has 0 unspecified atom stereocenters. The molecule has 0 saturated heterocycles. The van der Waals surface area contributed by atoms with Gasteiger partial charge in [-0.05, 0) is 60.0 Å². The van der Waals surface area contributed by atoms with Gasteiger partial charge in [0.1, 0.15) is 0 Å². The number of nitrogens with zero attached hydrogens (tertiary/aromatic N) is 1. The fourth-order valence-electron chi connectivity index (χ4n) is 3.37. The van der Waals surface area contributed by atoms with Crippen LogP contribution in [0.1, 0.15) is 30.9 Å². The highest BCUT2D eigenvalue weighted by Gasteiger charge is 2.31. The molecule has 0 aliphatic heterocycles. The maximum absolute atomic E-state index is 13.3.